The number of rotatable bonds is 2. The van der Waals surface area contributed by atoms with Crippen LogP contribution in [0.3, 0.4) is 0 Å². The Balaban J connectivity index is 2.14. The molecule has 2 aromatic rings. The summed E-state index contributed by atoms with van der Waals surface area (Å²) in [6.07, 6.45) is 0.885. The summed E-state index contributed by atoms with van der Waals surface area (Å²) in [6, 6.07) is 5.71. The van der Waals surface area contributed by atoms with Crippen molar-refractivity contribution in [3.8, 4) is 22.8 Å². The average Bonchev–Trinajstić information content (AvgIpc) is 2.72. The molecule has 1 aromatic heterocycles. The van der Waals surface area contributed by atoms with Crippen molar-refractivity contribution in [1.82, 2.24) is 5.16 Å². The highest BCUT2D eigenvalue weighted by atomic mass is 16.5. The van der Waals surface area contributed by atoms with Gasteiger partial charge in [0.05, 0.1) is 13.2 Å². The van der Waals surface area contributed by atoms with Crippen LogP contribution in [0, 0.1) is 0 Å². The van der Waals surface area contributed by atoms with Gasteiger partial charge in [0.2, 0.25) is 0 Å². The fraction of sp³-hybridized carbons (Fsp3) is 0.400. The number of nitrogen functional groups attached to an aromatic ring is 1. The van der Waals surface area contributed by atoms with Crippen molar-refractivity contribution in [1.29, 1.82) is 0 Å². The van der Waals surface area contributed by atoms with Gasteiger partial charge < -0.3 is 19.7 Å². The van der Waals surface area contributed by atoms with E-state index in [0.29, 0.717) is 30.7 Å². The summed E-state index contributed by atoms with van der Waals surface area (Å²) in [7, 11) is 0. The molecule has 0 saturated carbocycles. The average molecular weight is 274 g/mol. The van der Waals surface area contributed by atoms with Gasteiger partial charge in [0.15, 0.2) is 23.1 Å². The van der Waals surface area contributed by atoms with Gasteiger partial charge in [-0.15, -0.1) is 0 Å². The number of aromatic nitrogens is 1. The maximum Gasteiger partial charge on any atom is 0.169 e. The van der Waals surface area contributed by atoms with Gasteiger partial charge in [-0.3, -0.25) is 0 Å². The van der Waals surface area contributed by atoms with E-state index < -0.39 is 0 Å². The predicted octanol–water partition coefficient (Wildman–Crippen LogP) is 3.21. The molecule has 20 heavy (non-hydrogen) atoms. The van der Waals surface area contributed by atoms with Crippen LogP contribution in [0.25, 0.3) is 11.3 Å². The first-order chi connectivity index (χ1) is 9.65. The van der Waals surface area contributed by atoms with Crippen LogP contribution in [0.5, 0.6) is 11.5 Å². The number of benzene rings is 1. The fourth-order valence-corrected chi connectivity index (χ4v) is 2.33. The molecule has 0 unspecified atom stereocenters. The lowest BCUT2D eigenvalue weighted by atomic mass is 9.95. The van der Waals surface area contributed by atoms with Gasteiger partial charge in [-0.05, 0) is 23.6 Å². The van der Waals surface area contributed by atoms with E-state index in [9.17, 15) is 0 Å². The van der Waals surface area contributed by atoms with Gasteiger partial charge in [-0.1, -0.05) is 19.0 Å². The molecular formula is C15H18N2O3. The van der Waals surface area contributed by atoms with Crippen LogP contribution >= 0.6 is 0 Å². The molecule has 5 nitrogen and oxygen atoms in total. The van der Waals surface area contributed by atoms with Crippen LogP contribution < -0.4 is 15.2 Å². The Kier molecular flexibility index (Phi) is 3.26. The zero-order valence-electron chi connectivity index (χ0n) is 11.7. The largest absolute Gasteiger partial charge is 0.490 e. The molecule has 0 amide bonds. The fourth-order valence-electron chi connectivity index (χ4n) is 2.33. The molecule has 106 valence electrons. The normalized spacial score (nSPS) is 14.3. The van der Waals surface area contributed by atoms with E-state index in [-0.39, 0.29) is 0 Å². The van der Waals surface area contributed by atoms with Crippen LogP contribution in [0.1, 0.15) is 31.7 Å². The number of fused-ring (bicyclic) bond motifs is 1. The topological polar surface area (TPSA) is 70.5 Å². The Morgan fingerprint density at radius 1 is 1.10 bits per heavy atom. The smallest absolute Gasteiger partial charge is 0.169 e. The first-order valence-electron chi connectivity index (χ1n) is 6.81. The third kappa shape index (κ3) is 2.31. The Bertz CT molecular complexity index is 620. The van der Waals surface area contributed by atoms with Crippen LogP contribution in [-0.4, -0.2) is 18.4 Å². The lowest BCUT2D eigenvalue weighted by Crippen LogP contribution is -1.97. The van der Waals surface area contributed by atoms with E-state index in [4.69, 9.17) is 19.7 Å². The molecule has 5 heteroatoms. The lowest BCUT2D eigenvalue weighted by molar-refractivity contribution is 0.297. The number of ether oxygens (including phenoxy) is 2. The highest BCUT2D eigenvalue weighted by molar-refractivity contribution is 5.69. The maximum absolute atomic E-state index is 5.74. The van der Waals surface area contributed by atoms with E-state index in [1.54, 1.807) is 6.07 Å². The van der Waals surface area contributed by atoms with Crippen molar-refractivity contribution in [2.45, 2.75) is 26.2 Å². The second-order valence-electron chi connectivity index (χ2n) is 5.21. The quantitative estimate of drug-likeness (QED) is 0.910. The number of anilines is 1. The first kappa shape index (κ1) is 12.8. The molecule has 0 saturated heterocycles. The summed E-state index contributed by atoms with van der Waals surface area (Å²) < 4.78 is 16.8. The molecule has 3 rings (SSSR count). The van der Waals surface area contributed by atoms with E-state index in [1.807, 2.05) is 12.1 Å². The van der Waals surface area contributed by atoms with Gasteiger partial charge in [0, 0.05) is 18.1 Å². The summed E-state index contributed by atoms with van der Waals surface area (Å²) in [6.45, 7) is 5.59. The van der Waals surface area contributed by atoms with Crippen LogP contribution in [0.2, 0.25) is 0 Å². The predicted molar refractivity (Wildman–Crippen MR) is 76.0 cm³/mol. The van der Waals surface area contributed by atoms with E-state index in [1.165, 1.54) is 0 Å². The van der Waals surface area contributed by atoms with E-state index in [0.717, 1.165) is 29.0 Å². The van der Waals surface area contributed by atoms with Crippen LogP contribution in [-0.2, 0) is 0 Å². The minimum atomic E-state index is 0.327. The molecule has 0 bridgehead atoms. The molecule has 1 aliphatic rings. The molecule has 1 aliphatic heterocycles. The van der Waals surface area contributed by atoms with Crippen molar-refractivity contribution in [3.05, 3.63) is 23.8 Å². The molecule has 0 aliphatic carbocycles. The Labute approximate surface area is 117 Å². The van der Waals surface area contributed by atoms with Gasteiger partial charge in [-0.2, -0.15) is 0 Å². The Hall–Kier alpha value is -2.17. The first-order valence-corrected chi connectivity index (χ1v) is 6.81. The van der Waals surface area contributed by atoms with Gasteiger partial charge in [-0.25, -0.2) is 0 Å². The van der Waals surface area contributed by atoms with Crippen LogP contribution in [0.15, 0.2) is 22.7 Å². The minimum Gasteiger partial charge on any atom is -0.490 e. The Morgan fingerprint density at radius 2 is 1.80 bits per heavy atom. The lowest BCUT2D eigenvalue weighted by Gasteiger charge is -2.15. The SMILES string of the molecule is CC(C)c1cc2c(cc1-c1cc(N)no1)OCCCO2. The van der Waals surface area contributed by atoms with Crippen molar-refractivity contribution >= 4 is 5.82 Å². The number of nitrogens with two attached hydrogens (primary N) is 1. The molecule has 0 radical (unpaired) electrons. The van der Waals surface area contributed by atoms with Gasteiger partial charge in [0.1, 0.15) is 0 Å². The Morgan fingerprint density at radius 3 is 2.40 bits per heavy atom. The second-order valence-corrected chi connectivity index (χ2v) is 5.21. The number of nitrogens with zero attached hydrogens (tertiary/aromatic N) is 1. The molecule has 2 heterocycles. The summed E-state index contributed by atoms with van der Waals surface area (Å²) in [5.74, 6) is 2.90. The second kappa shape index (κ2) is 5.07. The zero-order valence-corrected chi connectivity index (χ0v) is 11.7. The summed E-state index contributed by atoms with van der Waals surface area (Å²) in [5.41, 5.74) is 7.73. The summed E-state index contributed by atoms with van der Waals surface area (Å²) in [4.78, 5) is 0. The maximum atomic E-state index is 5.74. The van der Waals surface area contributed by atoms with Gasteiger partial charge >= 0.3 is 0 Å². The highest BCUT2D eigenvalue weighted by Crippen LogP contribution is 2.40. The summed E-state index contributed by atoms with van der Waals surface area (Å²) in [5, 5.41) is 3.75. The molecule has 0 fully saturated rings. The van der Waals surface area contributed by atoms with Crippen molar-refractivity contribution < 1.29 is 14.0 Å². The minimum absolute atomic E-state index is 0.327. The highest BCUT2D eigenvalue weighted by Gasteiger charge is 2.19. The van der Waals surface area contributed by atoms with Crippen molar-refractivity contribution in [3.63, 3.8) is 0 Å². The van der Waals surface area contributed by atoms with E-state index in [2.05, 4.69) is 19.0 Å². The monoisotopic (exact) mass is 274 g/mol. The number of hydrogen-bond acceptors (Lipinski definition) is 5. The molecule has 2 N–H and O–H groups in total. The summed E-state index contributed by atoms with van der Waals surface area (Å²) >= 11 is 0. The third-order valence-electron chi connectivity index (χ3n) is 3.34. The number of hydrogen-bond donors (Lipinski definition) is 1. The zero-order chi connectivity index (χ0) is 14.1. The molecule has 1 aromatic carbocycles. The van der Waals surface area contributed by atoms with E-state index >= 15 is 0 Å². The standard InChI is InChI=1S/C15H18N2O3/c1-9(2)10-6-13-14(19-5-3-4-18-13)7-11(10)12-8-15(16)17-20-12/h6-9H,3-5H2,1-2H3,(H2,16,17). The molecule has 0 spiro atoms. The van der Waals surface area contributed by atoms with Gasteiger partial charge in [0.25, 0.3) is 0 Å². The third-order valence-corrected chi connectivity index (χ3v) is 3.34. The molecule has 0 atom stereocenters. The van der Waals surface area contributed by atoms with Crippen molar-refractivity contribution in [2.75, 3.05) is 18.9 Å². The molecular weight excluding hydrogens is 256 g/mol. The van der Waals surface area contributed by atoms with Crippen molar-refractivity contribution in [2.24, 2.45) is 0 Å². The van der Waals surface area contributed by atoms with Crippen LogP contribution in [0.4, 0.5) is 5.82 Å².